The highest BCUT2D eigenvalue weighted by atomic mass is 19.1. The molecule has 1 N–H and O–H groups in total. The van der Waals surface area contributed by atoms with E-state index < -0.39 is 0 Å². The van der Waals surface area contributed by atoms with Crippen molar-refractivity contribution in [1.82, 2.24) is 5.32 Å². The summed E-state index contributed by atoms with van der Waals surface area (Å²) in [4.78, 5) is 0. The van der Waals surface area contributed by atoms with E-state index in [1.807, 2.05) is 12.1 Å². The van der Waals surface area contributed by atoms with Crippen LogP contribution in [0.5, 0.6) is 0 Å². The highest BCUT2D eigenvalue weighted by Crippen LogP contribution is 2.41. The lowest BCUT2D eigenvalue weighted by atomic mass is 10.0. The first-order valence-corrected chi connectivity index (χ1v) is 7.32. The molecule has 2 aliphatic rings. The van der Waals surface area contributed by atoms with E-state index in [1.54, 1.807) is 12.1 Å². The second-order valence-electron chi connectivity index (χ2n) is 5.91. The Labute approximate surface area is 109 Å². The summed E-state index contributed by atoms with van der Waals surface area (Å²) in [7, 11) is 0. The van der Waals surface area contributed by atoms with E-state index in [0.29, 0.717) is 6.04 Å². The van der Waals surface area contributed by atoms with Crippen LogP contribution >= 0.6 is 0 Å². The number of rotatable bonds is 7. The number of nitrogens with one attached hydrogen (secondary N) is 1. The van der Waals surface area contributed by atoms with Crippen LogP contribution in [0.15, 0.2) is 24.3 Å². The molecule has 1 aromatic carbocycles. The van der Waals surface area contributed by atoms with Gasteiger partial charge in [0.15, 0.2) is 0 Å². The Morgan fingerprint density at radius 2 is 1.83 bits per heavy atom. The molecule has 0 heterocycles. The number of hydrogen-bond acceptors (Lipinski definition) is 1. The van der Waals surface area contributed by atoms with Crippen LogP contribution in [-0.2, 0) is 0 Å². The first-order chi connectivity index (χ1) is 8.83. The van der Waals surface area contributed by atoms with Gasteiger partial charge in [-0.05, 0) is 61.8 Å². The summed E-state index contributed by atoms with van der Waals surface area (Å²) in [5.74, 6) is 1.66. The summed E-state index contributed by atoms with van der Waals surface area (Å²) in [5, 5.41) is 3.68. The SMILES string of the molecule is Fc1ccc(C(NCCCC2CC2)C2CC2)cc1. The van der Waals surface area contributed by atoms with E-state index in [0.717, 1.165) is 18.4 Å². The molecule has 2 heteroatoms. The van der Waals surface area contributed by atoms with Gasteiger partial charge in [0.05, 0.1) is 0 Å². The number of benzene rings is 1. The van der Waals surface area contributed by atoms with Gasteiger partial charge in [0.1, 0.15) is 5.82 Å². The lowest BCUT2D eigenvalue weighted by molar-refractivity contribution is 0.464. The minimum Gasteiger partial charge on any atom is -0.310 e. The maximum absolute atomic E-state index is 12.9. The lowest BCUT2D eigenvalue weighted by Crippen LogP contribution is -2.24. The zero-order valence-corrected chi connectivity index (χ0v) is 10.9. The van der Waals surface area contributed by atoms with Crippen molar-refractivity contribution in [3.8, 4) is 0 Å². The first kappa shape index (κ1) is 12.2. The molecule has 0 spiro atoms. The molecule has 1 unspecified atom stereocenters. The average molecular weight is 247 g/mol. The van der Waals surface area contributed by atoms with Gasteiger partial charge < -0.3 is 5.32 Å². The Bertz CT molecular complexity index is 379. The largest absolute Gasteiger partial charge is 0.310 e. The second-order valence-corrected chi connectivity index (χ2v) is 5.91. The topological polar surface area (TPSA) is 12.0 Å². The molecule has 0 bridgehead atoms. The molecule has 2 saturated carbocycles. The van der Waals surface area contributed by atoms with E-state index in [9.17, 15) is 4.39 Å². The monoisotopic (exact) mass is 247 g/mol. The van der Waals surface area contributed by atoms with E-state index >= 15 is 0 Å². The van der Waals surface area contributed by atoms with Crippen LogP contribution in [0.3, 0.4) is 0 Å². The molecule has 18 heavy (non-hydrogen) atoms. The van der Waals surface area contributed by atoms with Crippen LogP contribution in [0.2, 0.25) is 0 Å². The third-order valence-corrected chi connectivity index (χ3v) is 4.17. The molecule has 0 aliphatic heterocycles. The highest BCUT2D eigenvalue weighted by molar-refractivity contribution is 5.21. The zero-order chi connectivity index (χ0) is 12.4. The molecule has 0 amide bonds. The van der Waals surface area contributed by atoms with Gasteiger partial charge >= 0.3 is 0 Å². The quantitative estimate of drug-likeness (QED) is 0.717. The molecule has 1 aromatic rings. The first-order valence-electron chi connectivity index (χ1n) is 7.32. The van der Waals surface area contributed by atoms with Gasteiger partial charge in [0.25, 0.3) is 0 Å². The summed E-state index contributed by atoms with van der Waals surface area (Å²) in [5.41, 5.74) is 1.25. The predicted molar refractivity (Wildman–Crippen MR) is 71.8 cm³/mol. The van der Waals surface area contributed by atoms with Crippen molar-refractivity contribution in [2.45, 2.75) is 44.6 Å². The molecule has 0 aromatic heterocycles. The van der Waals surface area contributed by atoms with Crippen molar-refractivity contribution >= 4 is 0 Å². The van der Waals surface area contributed by atoms with Crippen LogP contribution < -0.4 is 5.32 Å². The van der Waals surface area contributed by atoms with E-state index in [-0.39, 0.29) is 5.82 Å². The second kappa shape index (κ2) is 5.40. The maximum Gasteiger partial charge on any atom is 0.123 e. The summed E-state index contributed by atoms with van der Waals surface area (Å²) < 4.78 is 12.9. The van der Waals surface area contributed by atoms with Crippen molar-refractivity contribution in [3.05, 3.63) is 35.6 Å². The molecular weight excluding hydrogens is 225 g/mol. The maximum atomic E-state index is 12.9. The predicted octanol–water partition coefficient (Wildman–Crippen LogP) is 4.06. The van der Waals surface area contributed by atoms with Gasteiger partial charge in [-0.25, -0.2) is 4.39 Å². The minimum absolute atomic E-state index is 0.137. The van der Waals surface area contributed by atoms with Crippen molar-refractivity contribution in [3.63, 3.8) is 0 Å². The summed E-state index contributed by atoms with van der Waals surface area (Å²) in [6.07, 6.45) is 8.20. The van der Waals surface area contributed by atoms with Gasteiger partial charge in [-0.15, -0.1) is 0 Å². The van der Waals surface area contributed by atoms with Gasteiger partial charge in [-0.2, -0.15) is 0 Å². The minimum atomic E-state index is -0.137. The zero-order valence-electron chi connectivity index (χ0n) is 10.9. The van der Waals surface area contributed by atoms with Crippen LogP contribution in [0.4, 0.5) is 4.39 Å². The van der Waals surface area contributed by atoms with Crippen molar-refractivity contribution in [2.24, 2.45) is 11.8 Å². The molecule has 0 saturated heterocycles. The Kier molecular flexibility index (Phi) is 3.64. The standard InChI is InChI=1S/C16H22FN/c17-15-9-7-14(8-10-15)16(13-5-6-13)18-11-1-2-12-3-4-12/h7-10,12-13,16,18H,1-6,11H2. The molecule has 2 aliphatic carbocycles. The normalized spacial score (nSPS) is 20.9. The Hall–Kier alpha value is -0.890. The summed E-state index contributed by atoms with van der Waals surface area (Å²) in [6.45, 7) is 1.11. The van der Waals surface area contributed by atoms with Crippen molar-refractivity contribution in [1.29, 1.82) is 0 Å². The number of hydrogen-bond donors (Lipinski definition) is 1. The third kappa shape index (κ3) is 3.32. The van der Waals surface area contributed by atoms with Gasteiger partial charge in [-0.1, -0.05) is 25.0 Å². The molecule has 3 rings (SSSR count). The molecule has 2 fully saturated rings. The van der Waals surface area contributed by atoms with E-state index in [2.05, 4.69) is 5.32 Å². The smallest absolute Gasteiger partial charge is 0.123 e. The van der Waals surface area contributed by atoms with Crippen LogP contribution in [0.25, 0.3) is 0 Å². The number of halogens is 1. The van der Waals surface area contributed by atoms with Crippen molar-refractivity contribution in [2.75, 3.05) is 6.54 Å². The summed E-state index contributed by atoms with van der Waals surface area (Å²) >= 11 is 0. The molecule has 1 nitrogen and oxygen atoms in total. The van der Waals surface area contributed by atoms with Crippen LogP contribution in [0.1, 0.15) is 50.1 Å². The lowest BCUT2D eigenvalue weighted by Gasteiger charge is -2.18. The summed E-state index contributed by atoms with van der Waals surface area (Å²) in [6, 6.07) is 7.48. The van der Waals surface area contributed by atoms with Crippen molar-refractivity contribution < 1.29 is 4.39 Å². The fourth-order valence-corrected chi connectivity index (χ4v) is 2.71. The van der Waals surface area contributed by atoms with Gasteiger partial charge in [0.2, 0.25) is 0 Å². The fraction of sp³-hybridized carbons (Fsp3) is 0.625. The van der Waals surface area contributed by atoms with Gasteiger partial charge in [-0.3, -0.25) is 0 Å². The van der Waals surface area contributed by atoms with E-state index in [4.69, 9.17) is 0 Å². The molecular formula is C16H22FN. The Balaban J connectivity index is 1.52. The fourth-order valence-electron chi connectivity index (χ4n) is 2.71. The Morgan fingerprint density at radius 1 is 1.11 bits per heavy atom. The molecule has 98 valence electrons. The Morgan fingerprint density at radius 3 is 2.44 bits per heavy atom. The van der Waals surface area contributed by atoms with Crippen LogP contribution in [0, 0.1) is 17.7 Å². The van der Waals surface area contributed by atoms with E-state index in [1.165, 1.54) is 44.1 Å². The molecule has 1 atom stereocenters. The van der Waals surface area contributed by atoms with Gasteiger partial charge in [0, 0.05) is 6.04 Å². The molecule has 0 radical (unpaired) electrons. The highest BCUT2D eigenvalue weighted by Gasteiger charge is 2.31. The van der Waals surface area contributed by atoms with Crippen LogP contribution in [-0.4, -0.2) is 6.54 Å². The third-order valence-electron chi connectivity index (χ3n) is 4.17. The average Bonchev–Trinajstić information content (AvgIpc) is 3.25.